The van der Waals surface area contributed by atoms with E-state index in [0.717, 1.165) is 11.3 Å². The molecule has 0 radical (unpaired) electrons. The monoisotopic (exact) mass is 198 g/mol. The number of nitrogens with zero attached hydrogens (tertiary/aromatic N) is 2. The first-order valence-corrected chi connectivity index (χ1v) is 4.49. The lowest BCUT2D eigenvalue weighted by molar-refractivity contribution is 1.24. The molecular weight excluding hydrogens is 188 g/mol. The van der Waals surface area contributed by atoms with Crippen molar-refractivity contribution in [2.24, 2.45) is 5.73 Å². The fourth-order valence-electron chi connectivity index (χ4n) is 1.26. The van der Waals surface area contributed by atoms with Gasteiger partial charge in [-0.2, -0.15) is 0 Å². The number of nitrogens with one attached hydrogen (secondary N) is 1. The van der Waals surface area contributed by atoms with Crippen LogP contribution < -0.4 is 5.73 Å². The Morgan fingerprint density at radius 1 is 1.20 bits per heavy atom. The van der Waals surface area contributed by atoms with Crippen LogP contribution in [0.2, 0.25) is 0 Å². The van der Waals surface area contributed by atoms with Crippen LogP contribution in [0.1, 0.15) is 5.69 Å². The van der Waals surface area contributed by atoms with Crippen molar-refractivity contribution in [1.82, 2.24) is 9.97 Å². The van der Waals surface area contributed by atoms with Crippen molar-refractivity contribution in [3.8, 4) is 11.3 Å². The number of hydrogen-bond acceptors (Lipinski definition) is 3. The van der Waals surface area contributed by atoms with Gasteiger partial charge in [0.1, 0.15) is 11.5 Å². The van der Waals surface area contributed by atoms with Gasteiger partial charge in [0.2, 0.25) is 0 Å². The first-order valence-electron chi connectivity index (χ1n) is 4.49. The van der Waals surface area contributed by atoms with E-state index in [9.17, 15) is 0 Å². The average Bonchev–Trinajstić information content (AvgIpc) is 2.30. The summed E-state index contributed by atoms with van der Waals surface area (Å²) in [7, 11) is 0. The topological polar surface area (TPSA) is 75.7 Å². The van der Waals surface area contributed by atoms with Gasteiger partial charge in [0.25, 0.3) is 0 Å². The smallest absolute Gasteiger partial charge is 0.141 e. The van der Waals surface area contributed by atoms with Gasteiger partial charge in [0.15, 0.2) is 0 Å². The number of pyridine rings is 2. The van der Waals surface area contributed by atoms with Gasteiger partial charge in [-0.25, -0.2) is 4.98 Å². The number of rotatable bonds is 2. The molecule has 2 aromatic rings. The van der Waals surface area contributed by atoms with E-state index in [1.807, 2.05) is 24.3 Å². The summed E-state index contributed by atoms with van der Waals surface area (Å²) < 4.78 is 0. The molecule has 0 saturated heterocycles. The lowest BCUT2D eigenvalue weighted by Gasteiger charge is -2.02. The van der Waals surface area contributed by atoms with Crippen LogP contribution in [0.15, 0.2) is 42.7 Å². The number of aromatic nitrogens is 2. The third-order valence-electron chi connectivity index (χ3n) is 1.98. The highest BCUT2D eigenvalue weighted by molar-refractivity contribution is 5.93. The molecule has 0 unspecified atom stereocenters. The molecule has 0 amide bonds. The van der Waals surface area contributed by atoms with Crippen molar-refractivity contribution in [1.29, 1.82) is 5.41 Å². The van der Waals surface area contributed by atoms with Crippen LogP contribution in [0.25, 0.3) is 11.3 Å². The van der Waals surface area contributed by atoms with Crippen LogP contribution in [-0.4, -0.2) is 15.8 Å². The molecule has 15 heavy (non-hydrogen) atoms. The number of amidine groups is 1. The Morgan fingerprint density at radius 3 is 2.73 bits per heavy atom. The number of nitrogens with two attached hydrogens (primary N) is 1. The highest BCUT2D eigenvalue weighted by Crippen LogP contribution is 2.14. The largest absolute Gasteiger partial charge is 0.382 e. The highest BCUT2D eigenvalue weighted by Gasteiger charge is 2.02. The summed E-state index contributed by atoms with van der Waals surface area (Å²) in [5.74, 6) is -0.0271. The maximum absolute atomic E-state index is 7.29. The maximum Gasteiger partial charge on any atom is 0.141 e. The SMILES string of the molecule is N=C(N)c1cccc(-c2cccnc2)n1. The van der Waals surface area contributed by atoms with Gasteiger partial charge in [-0.1, -0.05) is 6.07 Å². The quantitative estimate of drug-likeness (QED) is 0.566. The van der Waals surface area contributed by atoms with E-state index in [4.69, 9.17) is 11.1 Å². The molecule has 0 aromatic carbocycles. The van der Waals surface area contributed by atoms with E-state index in [1.165, 1.54) is 0 Å². The van der Waals surface area contributed by atoms with Gasteiger partial charge in [0.05, 0.1) is 5.69 Å². The summed E-state index contributed by atoms with van der Waals surface area (Å²) in [4.78, 5) is 8.26. The number of nitrogen functional groups attached to an aromatic ring is 1. The van der Waals surface area contributed by atoms with Crippen LogP contribution in [0.4, 0.5) is 0 Å². The fraction of sp³-hybridized carbons (Fsp3) is 0. The van der Waals surface area contributed by atoms with Gasteiger partial charge in [-0.05, 0) is 24.3 Å². The number of hydrogen-bond donors (Lipinski definition) is 2. The molecule has 0 aliphatic heterocycles. The molecule has 0 atom stereocenters. The third kappa shape index (κ3) is 1.99. The Hall–Kier alpha value is -2.23. The molecule has 2 aromatic heterocycles. The van der Waals surface area contributed by atoms with Crippen LogP contribution >= 0.6 is 0 Å². The second kappa shape index (κ2) is 3.88. The van der Waals surface area contributed by atoms with E-state index < -0.39 is 0 Å². The second-order valence-electron chi connectivity index (χ2n) is 3.06. The minimum atomic E-state index is -0.0271. The predicted octanol–water partition coefficient (Wildman–Crippen LogP) is 1.43. The molecule has 2 heterocycles. The molecular formula is C11H10N4. The van der Waals surface area contributed by atoms with Gasteiger partial charge in [0, 0.05) is 18.0 Å². The molecule has 0 aliphatic rings. The summed E-state index contributed by atoms with van der Waals surface area (Å²) in [6, 6.07) is 9.16. The summed E-state index contributed by atoms with van der Waals surface area (Å²) in [6.07, 6.45) is 3.44. The average molecular weight is 198 g/mol. The minimum Gasteiger partial charge on any atom is -0.382 e. The summed E-state index contributed by atoms with van der Waals surface area (Å²) in [6.45, 7) is 0. The Labute approximate surface area is 87.3 Å². The van der Waals surface area contributed by atoms with E-state index in [-0.39, 0.29) is 5.84 Å². The van der Waals surface area contributed by atoms with Crippen molar-refractivity contribution in [2.75, 3.05) is 0 Å². The van der Waals surface area contributed by atoms with Crippen molar-refractivity contribution < 1.29 is 0 Å². The van der Waals surface area contributed by atoms with Crippen LogP contribution in [0, 0.1) is 5.41 Å². The summed E-state index contributed by atoms with van der Waals surface area (Å²) in [5, 5.41) is 7.29. The van der Waals surface area contributed by atoms with Crippen LogP contribution in [0.3, 0.4) is 0 Å². The van der Waals surface area contributed by atoms with E-state index in [0.29, 0.717) is 5.69 Å². The first kappa shape index (κ1) is 9.33. The molecule has 0 bridgehead atoms. The zero-order chi connectivity index (χ0) is 10.7. The Kier molecular flexibility index (Phi) is 2.41. The van der Waals surface area contributed by atoms with Gasteiger partial charge in [-0.3, -0.25) is 10.4 Å². The molecule has 4 heteroatoms. The Bertz CT molecular complexity index is 479. The molecule has 2 rings (SSSR count). The second-order valence-corrected chi connectivity index (χ2v) is 3.06. The lowest BCUT2D eigenvalue weighted by atomic mass is 10.2. The van der Waals surface area contributed by atoms with Crippen molar-refractivity contribution in [3.05, 3.63) is 48.4 Å². The summed E-state index contributed by atoms with van der Waals surface area (Å²) in [5.41, 5.74) is 7.54. The van der Waals surface area contributed by atoms with E-state index >= 15 is 0 Å². The minimum absolute atomic E-state index is 0.0271. The molecule has 4 nitrogen and oxygen atoms in total. The molecule has 0 spiro atoms. The fourth-order valence-corrected chi connectivity index (χ4v) is 1.26. The molecule has 0 fully saturated rings. The predicted molar refractivity (Wildman–Crippen MR) is 58.5 cm³/mol. The lowest BCUT2D eigenvalue weighted by Crippen LogP contribution is -2.13. The Balaban J connectivity index is 2.46. The molecule has 0 aliphatic carbocycles. The van der Waals surface area contributed by atoms with Gasteiger partial charge in [-0.15, -0.1) is 0 Å². The standard InChI is InChI=1S/C11H10N4/c12-11(13)10-5-1-4-9(15-10)8-3-2-6-14-7-8/h1-7H,(H3,12,13). The maximum atomic E-state index is 7.29. The normalized spacial score (nSPS) is 9.87. The van der Waals surface area contributed by atoms with E-state index in [2.05, 4.69) is 9.97 Å². The van der Waals surface area contributed by atoms with Crippen molar-refractivity contribution in [3.63, 3.8) is 0 Å². The zero-order valence-electron chi connectivity index (χ0n) is 8.01. The van der Waals surface area contributed by atoms with Gasteiger partial charge >= 0.3 is 0 Å². The molecule has 3 N–H and O–H groups in total. The van der Waals surface area contributed by atoms with E-state index in [1.54, 1.807) is 18.5 Å². The first-order chi connectivity index (χ1) is 7.27. The highest BCUT2D eigenvalue weighted by atomic mass is 14.8. The molecule has 0 saturated carbocycles. The Morgan fingerprint density at radius 2 is 2.07 bits per heavy atom. The van der Waals surface area contributed by atoms with Crippen molar-refractivity contribution >= 4 is 5.84 Å². The third-order valence-corrected chi connectivity index (χ3v) is 1.98. The zero-order valence-corrected chi connectivity index (χ0v) is 8.01. The molecule has 74 valence electrons. The summed E-state index contributed by atoms with van der Waals surface area (Å²) >= 11 is 0. The van der Waals surface area contributed by atoms with Crippen LogP contribution in [0.5, 0.6) is 0 Å². The van der Waals surface area contributed by atoms with Gasteiger partial charge < -0.3 is 5.73 Å². The van der Waals surface area contributed by atoms with Crippen LogP contribution in [-0.2, 0) is 0 Å². The van der Waals surface area contributed by atoms with Crippen molar-refractivity contribution in [2.45, 2.75) is 0 Å².